The molecule has 1 aromatic rings. The lowest BCUT2D eigenvalue weighted by Gasteiger charge is -2.28. The number of hydrogen-bond acceptors (Lipinski definition) is 4. The van der Waals surface area contributed by atoms with Crippen molar-refractivity contribution in [3.8, 4) is 0 Å². The summed E-state index contributed by atoms with van der Waals surface area (Å²) in [6.07, 6.45) is 2.42. The van der Waals surface area contributed by atoms with Crippen molar-refractivity contribution in [2.24, 2.45) is 0 Å². The summed E-state index contributed by atoms with van der Waals surface area (Å²) in [5.41, 5.74) is -0.589. The molecule has 0 heterocycles. The lowest BCUT2D eigenvalue weighted by molar-refractivity contribution is -0.385. The van der Waals surface area contributed by atoms with E-state index in [4.69, 9.17) is 0 Å². The highest BCUT2D eigenvalue weighted by Gasteiger charge is 2.25. The van der Waals surface area contributed by atoms with E-state index in [2.05, 4.69) is 5.32 Å². The molecule has 20 heavy (non-hydrogen) atoms. The fraction of sp³-hybridized carbons (Fsp3) is 0.462. The minimum absolute atomic E-state index is 0.116. The largest absolute Gasteiger partial charge is 0.391 e. The van der Waals surface area contributed by atoms with Crippen LogP contribution >= 0.6 is 0 Å². The number of non-ortho nitro benzene ring substituents is 1. The van der Waals surface area contributed by atoms with E-state index in [0.717, 1.165) is 31.0 Å². The summed E-state index contributed by atoms with van der Waals surface area (Å²) < 4.78 is 13.3. The van der Waals surface area contributed by atoms with Gasteiger partial charge in [-0.1, -0.05) is 12.8 Å². The van der Waals surface area contributed by atoms with Gasteiger partial charge in [0, 0.05) is 11.6 Å². The number of carbonyl (C=O) groups is 1. The number of rotatable bonds is 3. The summed E-state index contributed by atoms with van der Waals surface area (Å²) in [4.78, 5) is 21.9. The number of nitrogens with zero attached hydrogens (tertiary/aromatic N) is 1. The molecule has 2 rings (SSSR count). The van der Waals surface area contributed by atoms with Gasteiger partial charge in [0.2, 0.25) is 0 Å². The minimum Gasteiger partial charge on any atom is -0.391 e. The summed E-state index contributed by atoms with van der Waals surface area (Å²) in [5, 5.41) is 23.0. The molecule has 2 N–H and O–H groups in total. The molecular weight excluding hydrogens is 267 g/mol. The summed E-state index contributed by atoms with van der Waals surface area (Å²) in [6, 6.07) is 2.33. The monoisotopic (exact) mass is 282 g/mol. The zero-order valence-corrected chi connectivity index (χ0v) is 10.7. The third-order valence-electron chi connectivity index (χ3n) is 3.40. The molecule has 6 nitrogen and oxygen atoms in total. The number of benzene rings is 1. The molecule has 1 aliphatic rings. The van der Waals surface area contributed by atoms with Gasteiger partial charge < -0.3 is 10.4 Å². The van der Waals surface area contributed by atoms with E-state index in [0.29, 0.717) is 12.8 Å². The van der Waals surface area contributed by atoms with E-state index in [1.165, 1.54) is 0 Å². The van der Waals surface area contributed by atoms with Gasteiger partial charge in [0.1, 0.15) is 5.82 Å². The maximum absolute atomic E-state index is 13.3. The Labute approximate surface area is 114 Å². The Bertz CT molecular complexity index is 535. The van der Waals surface area contributed by atoms with Crippen LogP contribution in [0.15, 0.2) is 18.2 Å². The van der Waals surface area contributed by atoms with Gasteiger partial charge in [-0.25, -0.2) is 4.39 Å². The van der Waals surface area contributed by atoms with Crippen molar-refractivity contribution in [3.63, 3.8) is 0 Å². The van der Waals surface area contributed by atoms with E-state index in [1.807, 2.05) is 0 Å². The first kappa shape index (κ1) is 14.4. The zero-order valence-electron chi connectivity index (χ0n) is 10.7. The van der Waals surface area contributed by atoms with Crippen molar-refractivity contribution < 1.29 is 19.2 Å². The highest BCUT2D eigenvalue weighted by molar-refractivity contribution is 5.95. The second-order valence-electron chi connectivity index (χ2n) is 4.89. The number of nitro benzene ring substituents is 1. The predicted octanol–water partition coefficient (Wildman–Crippen LogP) is 1.77. The fourth-order valence-corrected chi connectivity index (χ4v) is 2.34. The van der Waals surface area contributed by atoms with Crippen molar-refractivity contribution in [1.29, 1.82) is 0 Å². The quantitative estimate of drug-likeness (QED) is 0.652. The first-order valence-corrected chi connectivity index (χ1v) is 6.41. The molecule has 108 valence electrons. The second-order valence-corrected chi connectivity index (χ2v) is 4.89. The summed E-state index contributed by atoms with van der Waals surface area (Å²) in [6.45, 7) is 0. The van der Waals surface area contributed by atoms with Crippen LogP contribution < -0.4 is 5.32 Å². The number of halogens is 1. The van der Waals surface area contributed by atoms with E-state index in [-0.39, 0.29) is 5.56 Å². The van der Waals surface area contributed by atoms with Crippen LogP contribution in [0.1, 0.15) is 36.0 Å². The number of nitro groups is 1. The van der Waals surface area contributed by atoms with Crippen molar-refractivity contribution in [2.75, 3.05) is 0 Å². The lowest BCUT2D eigenvalue weighted by atomic mass is 9.92. The normalized spacial score (nSPS) is 22.3. The topological polar surface area (TPSA) is 92.5 Å². The van der Waals surface area contributed by atoms with Crippen LogP contribution in [0.3, 0.4) is 0 Å². The first-order valence-electron chi connectivity index (χ1n) is 6.41. The van der Waals surface area contributed by atoms with Gasteiger partial charge in [0.25, 0.3) is 11.6 Å². The summed E-state index contributed by atoms with van der Waals surface area (Å²) in [5.74, 6) is -1.45. The highest BCUT2D eigenvalue weighted by Crippen LogP contribution is 2.20. The summed E-state index contributed by atoms with van der Waals surface area (Å²) >= 11 is 0. The Balaban J connectivity index is 2.14. The Hall–Kier alpha value is -2.02. The van der Waals surface area contributed by atoms with Gasteiger partial charge in [0.05, 0.1) is 23.1 Å². The smallest absolute Gasteiger partial charge is 0.273 e. The molecule has 0 spiro atoms. The molecule has 0 aliphatic heterocycles. The number of aliphatic hydroxyl groups is 1. The Kier molecular flexibility index (Phi) is 4.29. The third kappa shape index (κ3) is 3.30. The van der Waals surface area contributed by atoms with Crippen LogP contribution in [0.2, 0.25) is 0 Å². The molecule has 0 bridgehead atoms. The van der Waals surface area contributed by atoms with Crippen molar-refractivity contribution in [2.45, 2.75) is 37.8 Å². The van der Waals surface area contributed by atoms with Gasteiger partial charge in [-0.15, -0.1) is 0 Å². The Morgan fingerprint density at radius 2 is 2.05 bits per heavy atom. The standard InChI is InChI=1S/C13H15FN2O4/c14-9-5-8(6-10(7-9)16(19)20)13(18)15-11-3-1-2-4-12(11)17/h5-7,11-12,17H,1-4H2,(H,15,18). The maximum Gasteiger partial charge on any atom is 0.273 e. The number of hydrogen-bond donors (Lipinski definition) is 2. The van der Waals surface area contributed by atoms with Crippen LogP contribution in [-0.2, 0) is 0 Å². The maximum atomic E-state index is 13.3. The van der Waals surface area contributed by atoms with E-state index >= 15 is 0 Å². The number of aliphatic hydroxyl groups excluding tert-OH is 1. The van der Waals surface area contributed by atoms with Crippen LogP contribution in [0, 0.1) is 15.9 Å². The van der Waals surface area contributed by atoms with E-state index < -0.39 is 34.5 Å². The molecule has 0 aromatic heterocycles. The van der Waals surface area contributed by atoms with Crippen molar-refractivity contribution in [1.82, 2.24) is 5.32 Å². The third-order valence-corrected chi connectivity index (χ3v) is 3.40. The lowest BCUT2D eigenvalue weighted by Crippen LogP contribution is -2.45. The Morgan fingerprint density at radius 3 is 2.70 bits per heavy atom. The number of nitrogens with one attached hydrogen (secondary N) is 1. The average Bonchev–Trinajstić information content (AvgIpc) is 2.40. The molecule has 1 aliphatic carbocycles. The molecular formula is C13H15FN2O4. The first-order chi connectivity index (χ1) is 9.47. The number of carbonyl (C=O) groups excluding carboxylic acids is 1. The molecule has 1 fully saturated rings. The van der Waals surface area contributed by atoms with Gasteiger partial charge >= 0.3 is 0 Å². The van der Waals surface area contributed by atoms with Crippen LogP contribution in [0.4, 0.5) is 10.1 Å². The Morgan fingerprint density at radius 1 is 1.35 bits per heavy atom. The van der Waals surface area contributed by atoms with Gasteiger partial charge in [-0.2, -0.15) is 0 Å². The molecule has 0 saturated heterocycles. The van der Waals surface area contributed by atoms with Crippen molar-refractivity contribution >= 4 is 11.6 Å². The zero-order chi connectivity index (χ0) is 14.7. The SMILES string of the molecule is O=C(NC1CCCCC1O)c1cc(F)cc([N+](=O)[O-])c1. The van der Waals surface area contributed by atoms with E-state index in [9.17, 15) is 24.4 Å². The fourth-order valence-electron chi connectivity index (χ4n) is 2.34. The van der Waals surface area contributed by atoms with Crippen molar-refractivity contribution in [3.05, 3.63) is 39.7 Å². The molecule has 1 saturated carbocycles. The highest BCUT2D eigenvalue weighted by atomic mass is 19.1. The van der Waals surface area contributed by atoms with E-state index in [1.54, 1.807) is 0 Å². The van der Waals surface area contributed by atoms with Crippen LogP contribution in [-0.4, -0.2) is 28.1 Å². The molecule has 0 radical (unpaired) electrons. The van der Waals surface area contributed by atoms with Gasteiger partial charge in [0.15, 0.2) is 0 Å². The van der Waals surface area contributed by atoms with Crippen LogP contribution in [0.25, 0.3) is 0 Å². The minimum atomic E-state index is -0.839. The molecule has 2 atom stereocenters. The summed E-state index contributed by atoms with van der Waals surface area (Å²) in [7, 11) is 0. The number of amides is 1. The van der Waals surface area contributed by atoms with Gasteiger partial charge in [-0.05, 0) is 18.9 Å². The second kappa shape index (κ2) is 5.96. The predicted molar refractivity (Wildman–Crippen MR) is 68.8 cm³/mol. The molecule has 7 heteroatoms. The molecule has 1 aromatic carbocycles. The van der Waals surface area contributed by atoms with Gasteiger partial charge in [-0.3, -0.25) is 14.9 Å². The average molecular weight is 282 g/mol. The molecule has 2 unspecified atom stereocenters. The van der Waals surface area contributed by atoms with Crippen LogP contribution in [0.5, 0.6) is 0 Å². The molecule has 1 amide bonds.